The van der Waals surface area contributed by atoms with Crippen LogP contribution in [-0.4, -0.2) is 52.8 Å². The van der Waals surface area contributed by atoms with Gasteiger partial charge in [-0.1, -0.05) is 6.07 Å². The van der Waals surface area contributed by atoms with E-state index in [2.05, 4.69) is 10.6 Å². The molecule has 138 valence electrons. The number of amides is 3. The molecule has 1 aliphatic rings. The second kappa shape index (κ2) is 7.53. The zero-order valence-electron chi connectivity index (χ0n) is 15.0. The van der Waals surface area contributed by atoms with Crippen molar-refractivity contribution in [1.82, 2.24) is 15.5 Å². The van der Waals surface area contributed by atoms with Gasteiger partial charge >= 0.3 is 0 Å². The highest BCUT2D eigenvalue weighted by molar-refractivity contribution is 7.12. The van der Waals surface area contributed by atoms with Gasteiger partial charge in [-0.15, -0.1) is 11.3 Å². The van der Waals surface area contributed by atoms with Gasteiger partial charge in [0.2, 0.25) is 11.8 Å². The van der Waals surface area contributed by atoms with E-state index in [9.17, 15) is 14.4 Å². The summed E-state index contributed by atoms with van der Waals surface area (Å²) >= 11 is 1.31. The molecule has 25 heavy (non-hydrogen) atoms. The number of nitrogens with one attached hydrogen (secondary N) is 2. The van der Waals surface area contributed by atoms with Crippen molar-refractivity contribution in [2.75, 3.05) is 6.54 Å². The summed E-state index contributed by atoms with van der Waals surface area (Å²) in [7, 11) is 0. The first kappa shape index (κ1) is 19.4. The Labute approximate surface area is 151 Å². The van der Waals surface area contributed by atoms with Gasteiger partial charge in [0.1, 0.15) is 11.6 Å². The first-order valence-corrected chi connectivity index (χ1v) is 9.23. The molecule has 2 rings (SSSR count). The number of hydrogen-bond acceptors (Lipinski definition) is 5. The van der Waals surface area contributed by atoms with Gasteiger partial charge in [0.05, 0.1) is 4.88 Å². The Hall–Kier alpha value is -1.93. The van der Waals surface area contributed by atoms with Gasteiger partial charge in [0, 0.05) is 18.6 Å². The minimum absolute atomic E-state index is 0.0205. The summed E-state index contributed by atoms with van der Waals surface area (Å²) in [4.78, 5) is 39.7. The van der Waals surface area contributed by atoms with Crippen molar-refractivity contribution in [3.8, 4) is 0 Å². The summed E-state index contributed by atoms with van der Waals surface area (Å²) in [5.74, 6) is -0.828. The highest BCUT2D eigenvalue weighted by atomic mass is 32.1. The average molecular weight is 366 g/mol. The van der Waals surface area contributed by atoms with Crippen molar-refractivity contribution >= 4 is 29.1 Å². The summed E-state index contributed by atoms with van der Waals surface area (Å²) in [6.45, 7) is 7.31. The molecule has 1 aliphatic heterocycles. The van der Waals surface area contributed by atoms with Crippen LogP contribution < -0.4 is 16.4 Å². The fourth-order valence-corrected chi connectivity index (χ4v) is 3.51. The Morgan fingerprint density at radius 3 is 2.60 bits per heavy atom. The molecule has 1 saturated heterocycles. The molecule has 0 unspecified atom stereocenters. The molecular formula is C17H26N4O3S. The van der Waals surface area contributed by atoms with Gasteiger partial charge in [0.25, 0.3) is 5.91 Å². The summed E-state index contributed by atoms with van der Waals surface area (Å²) in [6.07, 6.45) is 0.416. The zero-order valence-corrected chi connectivity index (χ0v) is 15.9. The van der Waals surface area contributed by atoms with E-state index in [4.69, 9.17) is 5.73 Å². The Morgan fingerprint density at radius 1 is 1.36 bits per heavy atom. The lowest BCUT2D eigenvalue weighted by Gasteiger charge is -2.33. The Morgan fingerprint density at radius 2 is 2.04 bits per heavy atom. The third-order valence-electron chi connectivity index (χ3n) is 4.03. The summed E-state index contributed by atoms with van der Waals surface area (Å²) in [5, 5.41) is 7.39. The summed E-state index contributed by atoms with van der Waals surface area (Å²) < 4.78 is 0. The molecule has 2 atom stereocenters. The van der Waals surface area contributed by atoms with Crippen LogP contribution in [0.2, 0.25) is 0 Å². The lowest BCUT2D eigenvalue weighted by Crippen LogP contribution is -2.59. The highest BCUT2D eigenvalue weighted by Gasteiger charge is 2.44. The standard InChI is InChI=1S/C17H26N4O3S/c1-10(2)19-14(22)12-8-11(18)9-21(12)16(24)17(3,4)20-15(23)13-6-5-7-25-13/h5-7,10-12H,8-9,18H2,1-4H3,(H,19,22)(H,20,23)/t11-,12-/m0/s1. The minimum Gasteiger partial charge on any atom is -0.352 e. The van der Waals surface area contributed by atoms with Crippen molar-refractivity contribution in [3.63, 3.8) is 0 Å². The molecule has 0 aliphatic carbocycles. The number of likely N-dealkylation sites (tertiary alicyclic amines) is 1. The molecule has 0 spiro atoms. The van der Waals surface area contributed by atoms with Crippen LogP contribution in [0.1, 0.15) is 43.8 Å². The second-order valence-corrected chi connectivity index (χ2v) is 8.14. The van der Waals surface area contributed by atoms with Crippen LogP contribution in [0.25, 0.3) is 0 Å². The van der Waals surface area contributed by atoms with E-state index in [0.717, 1.165) is 0 Å². The van der Waals surface area contributed by atoms with E-state index < -0.39 is 11.6 Å². The largest absolute Gasteiger partial charge is 0.352 e. The molecule has 1 aromatic heterocycles. The molecule has 0 radical (unpaired) electrons. The van der Waals surface area contributed by atoms with Gasteiger partial charge in [-0.2, -0.15) is 0 Å². The predicted molar refractivity (Wildman–Crippen MR) is 97.2 cm³/mol. The minimum atomic E-state index is -1.14. The van der Waals surface area contributed by atoms with Crippen molar-refractivity contribution in [3.05, 3.63) is 22.4 Å². The first-order chi connectivity index (χ1) is 11.6. The molecule has 3 amide bonds. The lowest BCUT2D eigenvalue weighted by molar-refractivity contribution is -0.142. The SMILES string of the molecule is CC(C)NC(=O)[C@@H]1C[C@H](N)CN1C(=O)C(C)(C)NC(=O)c1cccs1. The Balaban J connectivity index is 2.12. The molecule has 0 saturated carbocycles. The third kappa shape index (κ3) is 4.58. The summed E-state index contributed by atoms with van der Waals surface area (Å²) in [6, 6.07) is 2.59. The van der Waals surface area contributed by atoms with Crippen LogP contribution in [0.5, 0.6) is 0 Å². The topological polar surface area (TPSA) is 105 Å². The van der Waals surface area contributed by atoms with E-state index >= 15 is 0 Å². The monoisotopic (exact) mass is 366 g/mol. The molecule has 0 aromatic carbocycles. The number of carbonyl (C=O) groups is 3. The molecule has 7 nitrogen and oxygen atoms in total. The molecule has 8 heteroatoms. The van der Waals surface area contributed by atoms with Crippen molar-refractivity contribution < 1.29 is 14.4 Å². The number of carbonyl (C=O) groups excluding carboxylic acids is 3. The van der Waals surface area contributed by atoms with Crippen LogP contribution in [0.3, 0.4) is 0 Å². The highest BCUT2D eigenvalue weighted by Crippen LogP contribution is 2.22. The van der Waals surface area contributed by atoms with Crippen LogP contribution in [0.15, 0.2) is 17.5 Å². The number of nitrogens with zero attached hydrogens (tertiary/aromatic N) is 1. The number of nitrogens with two attached hydrogens (primary N) is 1. The maximum absolute atomic E-state index is 13.0. The van der Waals surface area contributed by atoms with Gasteiger partial charge in [-0.25, -0.2) is 0 Å². The maximum Gasteiger partial charge on any atom is 0.262 e. The van der Waals surface area contributed by atoms with Crippen LogP contribution >= 0.6 is 11.3 Å². The van der Waals surface area contributed by atoms with Gasteiger partial charge in [-0.3, -0.25) is 14.4 Å². The quantitative estimate of drug-likeness (QED) is 0.714. The fourth-order valence-electron chi connectivity index (χ4n) is 2.89. The second-order valence-electron chi connectivity index (χ2n) is 7.19. The van der Waals surface area contributed by atoms with Crippen LogP contribution in [0.4, 0.5) is 0 Å². The first-order valence-electron chi connectivity index (χ1n) is 8.35. The van der Waals surface area contributed by atoms with Crippen LogP contribution in [-0.2, 0) is 9.59 Å². The molecule has 1 aromatic rings. The molecule has 4 N–H and O–H groups in total. The van der Waals surface area contributed by atoms with Crippen molar-refractivity contribution in [1.29, 1.82) is 0 Å². The number of hydrogen-bond donors (Lipinski definition) is 3. The number of rotatable bonds is 5. The van der Waals surface area contributed by atoms with E-state index in [1.807, 2.05) is 13.8 Å². The van der Waals surface area contributed by atoms with Gasteiger partial charge in [-0.05, 0) is 45.6 Å². The molecular weight excluding hydrogens is 340 g/mol. The zero-order chi connectivity index (χ0) is 18.8. The van der Waals surface area contributed by atoms with Crippen LogP contribution in [0, 0.1) is 0 Å². The Bertz CT molecular complexity index is 642. The lowest BCUT2D eigenvalue weighted by atomic mass is 10.0. The normalized spacial score (nSPS) is 20.6. The molecule has 1 fully saturated rings. The van der Waals surface area contributed by atoms with E-state index in [-0.39, 0.29) is 29.8 Å². The smallest absolute Gasteiger partial charge is 0.262 e. The molecule has 0 bridgehead atoms. The number of thiophene rings is 1. The average Bonchev–Trinajstić information content (AvgIpc) is 3.14. The van der Waals surface area contributed by atoms with Gasteiger partial charge < -0.3 is 21.3 Å². The van der Waals surface area contributed by atoms with Crippen molar-refractivity contribution in [2.45, 2.75) is 57.8 Å². The van der Waals surface area contributed by atoms with E-state index in [1.54, 1.807) is 31.4 Å². The molecule has 2 heterocycles. The van der Waals surface area contributed by atoms with E-state index in [1.165, 1.54) is 16.2 Å². The fraction of sp³-hybridized carbons (Fsp3) is 0.588. The van der Waals surface area contributed by atoms with E-state index in [0.29, 0.717) is 17.8 Å². The van der Waals surface area contributed by atoms with Gasteiger partial charge in [0.15, 0.2) is 0 Å². The third-order valence-corrected chi connectivity index (χ3v) is 4.90. The maximum atomic E-state index is 13.0. The Kier molecular flexibility index (Phi) is 5.84. The predicted octanol–water partition coefficient (Wildman–Crippen LogP) is 0.709. The summed E-state index contributed by atoms with van der Waals surface area (Å²) in [5.41, 5.74) is 4.85. The van der Waals surface area contributed by atoms with Crippen molar-refractivity contribution in [2.24, 2.45) is 5.73 Å².